The van der Waals surface area contributed by atoms with Crippen molar-refractivity contribution in [2.24, 2.45) is 10.9 Å². The summed E-state index contributed by atoms with van der Waals surface area (Å²) in [5.74, 6) is 1.72. The number of hydrogen-bond donors (Lipinski definition) is 0. The Balaban J connectivity index is 1.40. The van der Waals surface area contributed by atoms with E-state index in [1.807, 2.05) is 23.3 Å². The van der Waals surface area contributed by atoms with Crippen LogP contribution in [0.3, 0.4) is 0 Å². The van der Waals surface area contributed by atoms with Gasteiger partial charge in [-0.1, -0.05) is 49.1 Å². The van der Waals surface area contributed by atoms with Crippen LogP contribution in [0.15, 0.2) is 53.2 Å². The van der Waals surface area contributed by atoms with Crippen molar-refractivity contribution in [2.45, 2.75) is 83.4 Å². The molecule has 5 heteroatoms. The standard InChI is InChI=1S/C29H39N3O2/c1-21-10-9-13-24(18-21)28(34-20-23-11-5-3-6-12-23)27-22(2)30-26-15-14-25(19-32(26)27)29(33)31-16-7-4-8-17-31/h9-10,13-15,18-19,22-23,27-28H,3-8,11-12,16-17,20H2,1-2H3. The van der Waals surface area contributed by atoms with Gasteiger partial charge in [-0.2, -0.15) is 0 Å². The molecule has 182 valence electrons. The molecule has 3 aliphatic heterocycles. The summed E-state index contributed by atoms with van der Waals surface area (Å²) in [5.41, 5.74) is 3.21. The van der Waals surface area contributed by atoms with Gasteiger partial charge < -0.3 is 14.5 Å². The number of carbonyl (C=O) groups excluding carboxylic acids is 1. The van der Waals surface area contributed by atoms with Crippen LogP contribution in [0, 0.1) is 12.8 Å². The summed E-state index contributed by atoms with van der Waals surface area (Å²) < 4.78 is 6.77. The van der Waals surface area contributed by atoms with E-state index in [0.717, 1.165) is 43.9 Å². The van der Waals surface area contributed by atoms with Gasteiger partial charge >= 0.3 is 0 Å². The van der Waals surface area contributed by atoms with Crippen LogP contribution in [0.2, 0.25) is 0 Å². The molecule has 1 aromatic rings. The van der Waals surface area contributed by atoms with Gasteiger partial charge in [0.1, 0.15) is 11.9 Å². The zero-order valence-corrected chi connectivity index (χ0v) is 20.8. The van der Waals surface area contributed by atoms with Gasteiger partial charge in [-0.25, -0.2) is 0 Å². The minimum absolute atomic E-state index is 0.0366. The van der Waals surface area contributed by atoms with E-state index in [1.54, 1.807) is 0 Å². The highest BCUT2D eigenvalue weighted by atomic mass is 16.5. The number of likely N-dealkylation sites (tertiary alicyclic amines) is 1. The third-order valence-corrected chi connectivity index (χ3v) is 7.91. The number of benzene rings is 1. The predicted molar refractivity (Wildman–Crippen MR) is 137 cm³/mol. The molecule has 1 amide bonds. The van der Waals surface area contributed by atoms with Gasteiger partial charge in [0.05, 0.1) is 24.3 Å². The Morgan fingerprint density at radius 1 is 1.09 bits per heavy atom. The number of rotatable bonds is 6. The average Bonchev–Trinajstić information content (AvgIpc) is 3.20. The molecule has 34 heavy (non-hydrogen) atoms. The van der Waals surface area contributed by atoms with Crippen molar-refractivity contribution in [3.63, 3.8) is 0 Å². The van der Waals surface area contributed by atoms with E-state index in [1.165, 1.54) is 49.7 Å². The lowest BCUT2D eigenvalue weighted by molar-refractivity contribution is -0.127. The fourth-order valence-electron chi connectivity index (χ4n) is 6.01. The number of ether oxygens (including phenoxy) is 1. The van der Waals surface area contributed by atoms with Crippen molar-refractivity contribution >= 4 is 11.7 Å². The van der Waals surface area contributed by atoms with E-state index in [2.05, 4.69) is 43.0 Å². The first kappa shape index (κ1) is 23.3. The second kappa shape index (κ2) is 10.5. The third kappa shape index (κ3) is 5.00. The summed E-state index contributed by atoms with van der Waals surface area (Å²) in [6.45, 7) is 6.84. The summed E-state index contributed by atoms with van der Waals surface area (Å²) in [5, 5.41) is 0. The number of amidine groups is 1. The molecule has 1 aliphatic carbocycles. The molecule has 4 aliphatic rings. The second-order valence-corrected chi connectivity index (χ2v) is 10.6. The lowest BCUT2D eigenvalue weighted by Crippen LogP contribution is -2.43. The second-order valence-electron chi connectivity index (χ2n) is 10.6. The molecule has 2 fully saturated rings. The number of piperidine rings is 1. The molecule has 1 saturated carbocycles. The highest BCUT2D eigenvalue weighted by Gasteiger charge is 2.41. The van der Waals surface area contributed by atoms with Crippen LogP contribution in [0.1, 0.15) is 75.5 Å². The van der Waals surface area contributed by atoms with Crippen LogP contribution >= 0.6 is 0 Å². The van der Waals surface area contributed by atoms with Crippen molar-refractivity contribution in [1.82, 2.24) is 9.80 Å². The quantitative estimate of drug-likeness (QED) is 0.556. The molecule has 3 atom stereocenters. The van der Waals surface area contributed by atoms with E-state index < -0.39 is 0 Å². The largest absolute Gasteiger partial charge is 0.371 e. The summed E-state index contributed by atoms with van der Waals surface area (Å²) in [6, 6.07) is 8.82. The van der Waals surface area contributed by atoms with E-state index in [9.17, 15) is 4.79 Å². The van der Waals surface area contributed by atoms with Crippen molar-refractivity contribution in [3.05, 3.63) is 59.3 Å². The van der Waals surface area contributed by atoms with Gasteiger partial charge in [-0.05, 0) is 69.6 Å². The van der Waals surface area contributed by atoms with E-state index in [-0.39, 0.29) is 24.1 Å². The molecule has 0 bridgehead atoms. The summed E-state index contributed by atoms with van der Waals surface area (Å²) in [7, 11) is 0. The van der Waals surface area contributed by atoms with Gasteiger partial charge in [0, 0.05) is 19.3 Å². The Hall–Kier alpha value is -2.40. The molecule has 0 spiro atoms. The van der Waals surface area contributed by atoms with Crippen LogP contribution in [0.4, 0.5) is 0 Å². The van der Waals surface area contributed by atoms with E-state index in [4.69, 9.17) is 9.73 Å². The number of aliphatic imine (C=N–C) groups is 1. The first-order chi connectivity index (χ1) is 16.6. The lowest BCUT2D eigenvalue weighted by Gasteiger charge is -2.36. The topological polar surface area (TPSA) is 45.1 Å². The normalized spacial score (nSPS) is 26.2. The lowest BCUT2D eigenvalue weighted by atomic mass is 9.89. The van der Waals surface area contributed by atoms with Gasteiger partial charge in [0.15, 0.2) is 0 Å². The fourth-order valence-corrected chi connectivity index (χ4v) is 6.01. The minimum atomic E-state index is -0.0906. The van der Waals surface area contributed by atoms with Crippen LogP contribution in [0.5, 0.6) is 0 Å². The number of nitrogens with zero attached hydrogens (tertiary/aromatic N) is 3. The first-order valence-electron chi connectivity index (χ1n) is 13.3. The maximum atomic E-state index is 13.3. The van der Waals surface area contributed by atoms with Crippen molar-refractivity contribution in [1.29, 1.82) is 0 Å². The van der Waals surface area contributed by atoms with Gasteiger partial charge in [-0.3, -0.25) is 9.79 Å². The number of hydrogen-bond acceptors (Lipinski definition) is 4. The van der Waals surface area contributed by atoms with Crippen molar-refractivity contribution in [2.75, 3.05) is 19.7 Å². The first-order valence-corrected chi connectivity index (χ1v) is 13.3. The van der Waals surface area contributed by atoms with Crippen LogP contribution in [0.25, 0.3) is 0 Å². The highest BCUT2D eigenvalue weighted by molar-refractivity contribution is 6.04. The predicted octanol–water partition coefficient (Wildman–Crippen LogP) is 5.57. The average molecular weight is 462 g/mol. The molecule has 0 radical (unpaired) electrons. The third-order valence-electron chi connectivity index (χ3n) is 7.91. The number of aryl methyl sites for hydroxylation is 1. The van der Waals surface area contributed by atoms with Gasteiger partial charge in [-0.15, -0.1) is 0 Å². The number of carbonyl (C=O) groups is 1. The molecule has 0 N–H and O–H groups in total. The molecule has 1 saturated heterocycles. The summed E-state index contributed by atoms with van der Waals surface area (Å²) in [4.78, 5) is 22.4. The fraction of sp³-hybridized carbons (Fsp3) is 0.586. The molecule has 1 aromatic carbocycles. The summed E-state index contributed by atoms with van der Waals surface area (Å²) in [6.07, 6.45) is 15.9. The van der Waals surface area contributed by atoms with E-state index in [0.29, 0.717) is 5.92 Å². The van der Waals surface area contributed by atoms with Gasteiger partial charge in [0.25, 0.3) is 5.91 Å². The van der Waals surface area contributed by atoms with E-state index >= 15 is 0 Å². The Labute approximate surface area is 204 Å². The summed E-state index contributed by atoms with van der Waals surface area (Å²) >= 11 is 0. The SMILES string of the molecule is Cc1cccc(C(OCC2CCCCC2)C2C(C)N=C3C=CC(C(=O)N4CCCCC4)=CN32)c1. The maximum absolute atomic E-state index is 13.3. The molecule has 5 rings (SSSR count). The van der Waals surface area contributed by atoms with Crippen molar-refractivity contribution in [3.8, 4) is 0 Å². The zero-order valence-electron chi connectivity index (χ0n) is 20.8. The maximum Gasteiger partial charge on any atom is 0.255 e. The zero-order chi connectivity index (χ0) is 23.5. The molecular formula is C29H39N3O2. The molecule has 3 unspecified atom stereocenters. The van der Waals surface area contributed by atoms with Gasteiger partial charge in [0.2, 0.25) is 0 Å². The Morgan fingerprint density at radius 2 is 1.85 bits per heavy atom. The van der Waals surface area contributed by atoms with Crippen LogP contribution in [-0.2, 0) is 9.53 Å². The minimum Gasteiger partial charge on any atom is -0.371 e. The molecule has 0 aromatic heterocycles. The highest BCUT2D eigenvalue weighted by Crippen LogP contribution is 2.36. The Morgan fingerprint density at radius 3 is 2.62 bits per heavy atom. The molecular weight excluding hydrogens is 422 g/mol. The Bertz CT molecular complexity index is 969. The monoisotopic (exact) mass is 461 g/mol. The Kier molecular flexibility index (Phi) is 7.19. The molecule has 3 heterocycles. The number of fused-ring (bicyclic) bond motifs is 1. The van der Waals surface area contributed by atoms with Crippen LogP contribution < -0.4 is 0 Å². The van der Waals surface area contributed by atoms with Crippen LogP contribution in [-0.4, -0.2) is 53.3 Å². The van der Waals surface area contributed by atoms with Crippen molar-refractivity contribution < 1.29 is 9.53 Å². The molecule has 5 nitrogen and oxygen atoms in total. The smallest absolute Gasteiger partial charge is 0.255 e. The number of amides is 1.